The summed E-state index contributed by atoms with van der Waals surface area (Å²) in [5, 5.41) is 11.3. The van der Waals surface area contributed by atoms with Gasteiger partial charge in [-0.1, -0.05) is 6.92 Å². The van der Waals surface area contributed by atoms with Crippen molar-refractivity contribution < 1.29 is 9.53 Å². The van der Waals surface area contributed by atoms with Gasteiger partial charge in [0.25, 0.3) is 0 Å². The number of methoxy groups -OCH3 is 1. The second kappa shape index (κ2) is 9.95. The highest BCUT2D eigenvalue weighted by atomic mass is 16.5. The Morgan fingerprint density at radius 3 is 2.76 bits per heavy atom. The van der Waals surface area contributed by atoms with Crippen molar-refractivity contribution in [3.63, 3.8) is 0 Å². The number of guanidine groups is 1. The van der Waals surface area contributed by atoms with E-state index < -0.39 is 0 Å². The molecule has 1 aliphatic rings. The number of rotatable bonds is 7. The van der Waals surface area contributed by atoms with Gasteiger partial charge in [-0.05, 0) is 43.7 Å². The zero-order valence-electron chi connectivity index (χ0n) is 17.4. The largest absolute Gasteiger partial charge is 0.497 e. The van der Waals surface area contributed by atoms with Crippen molar-refractivity contribution in [1.29, 1.82) is 0 Å². The van der Waals surface area contributed by atoms with E-state index in [-0.39, 0.29) is 11.9 Å². The van der Waals surface area contributed by atoms with Gasteiger partial charge in [0, 0.05) is 38.3 Å². The number of aliphatic imine (C=N–C) groups is 1. The molecule has 8 heteroatoms. The number of carbonyl (C=O) groups excluding carboxylic acids is 1. The molecule has 1 aromatic heterocycles. The number of amides is 1. The normalized spacial score (nSPS) is 16.7. The maximum Gasteiger partial charge on any atom is 0.222 e. The molecular weight excluding hydrogens is 368 g/mol. The maximum absolute atomic E-state index is 11.9. The van der Waals surface area contributed by atoms with E-state index in [0.29, 0.717) is 13.0 Å². The van der Waals surface area contributed by atoms with Crippen LogP contribution >= 0.6 is 0 Å². The molecule has 0 radical (unpaired) electrons. The predicted molar refractivity (Wildman–Crippen MR) is 113 cm³/mol. The first kappa shape index (κ1) is 20.7. The van der Waals surface area contributed by atoms with E-state index in [1.54, 1.807) is 7.11 Å². The number of nitrogens with zero attached hydrogens (tertiary/aromatic N) is 4. The number of hydrogen-bond donors (Lipinski definition) is 2. The Balaban J connectivity index is 1.60. The molecule has 3 rings (SSSR count). The van der Waals surface area contributed by atoms with Crippen LogP contribution in [0.2, 0.25) is 0 Å². The molecule has 1 unspecified atom stereocenters. The summed E-state index contributed by atoms with van der Waals surface area (Å²) >= 11 is 0. The van der Waals surface area contributed by atoms with E-state index in [4.69, 9.17) is 4.74 Å². The van der Waals surface area contributed by atoms with Crippen molar-refractivity contribution in [3.05, 3.63) is 42.2 Å². The number of aromatic nitrogens is 2. The minimum absolute atomic E-state index is 0.209. The Hall–Kier alpha value is -3.03. The lowest BCUT2D eigenvalue weighted by molar-refractivity contribution is -0.129. The zero-order chi connectivity index (χ0) is 20.6. The van der Waals surface area contributed by atoms with Gasteiger partial charge in [0.15, 0.2) is 5.96 Å². The summed E-state index contributed by atoms with van der Waals surface area (Å²) in [6, 6.07) is 9.95. The highest BCUT2D eigenvalue weighted by molar-refractivity contribution is 5.80. The fraction of sp³-hybridized carbons (Fsp3) is 0.476. The molecule has 156 valence electrons. The van der Waals surface area contributed by atoms with E-state index in [2.05, 4.69) is 20.7 Å². The molecule has 0 bridgehead atoms. The summed E-state index contributed by atoms with van der Waals surface area (Å²) in [6.07, 6.45) is 3.41. The topological polar surface area (TPSA) is 83.8 Å². The molecule has 1 atom stereocenters. The summed E-state index contributed by atoms with van der Waals surface area (Å²) in [6.45, 7) is 6.72. The lowest BCUT2D eigenvalue weighted by atomic mass is 10.3. The van der Waals surface area contributed by atoms with Crippen LogP contribution in [0.5, 0.6) is 5.75 Å². The van der Waals surface area contributed by atoms with Gasteiger partial charge in [-0.25, -0.2) is 9.67 Å². The molecule has 2 aromatic rings. The number of ether oxygens (including phenoxy) is 1. The Morgan fingerprint density at radius 1 is 1.28 bits per heavy atom. The Bertz CT molecular complexity index is 830. The third-order valence-corrected chi connectivity index (χ3v) is 4.91. The van der Waals surface area contributed by atoms with Crippen LogP contribution in [0.1, 0.15) is 32.4 Å². The van der Waals surface area contributed by atoms with E-state index in [1.807, 2.05) is 60.0 Å². The average Bonchev–Trinajstić information content (AvgIpc) is 3.41. The van der Waals surface area contributed by atoms with Crippen molar-refractivity contribution in [2.45, 2.75) is 39.3 Å². The first-order chi connectivity index (χ1) is 14.1. The molecular formula is C21H30N6O2. The molecule has 1 aliphatic heterocycles. The molecule has 1 aromatic carbocycles. The highest BCUT2D eigenvalue weighted by Gasteiger charge is 2.25. The van der Waals surface area contributed by atoms with Gasteiger partial charge in [0.1, 0.15) is 5.75 Å². The van der Waals surface area contributed by atoms with Gasteiger partial charge in [0.2, 0.25) is 5.91 Å². The van der Waals surface area contributed by atoms with Gasteiger partial charge >= 0.3 is 0 Å². The van der Waals surface area contributed by atoms with E-state index in [9.17, 15) is 4.79 Å². The standard InChI is InChI=1S/C21H30N6O2/c1-4-20(28)26-12-10-17(15-26)24-21(22-5-2)23-14-16-11-13-27(25-16)18-6-8-19(29-3)9-7-18/h6-9,11,13,17H,4-5,10,12,14-15H2,1-3H3,(H2,22,23,24). The highest BCUT2D eigenvalue weighted by Crippen LogP contribution is 2.15. The minimum atomic E-state index is 0.209. The number of carbonyl (C=O) groups is 1. The first-order valence-corrected chi connectivity index (χ1v) is 10.1. The van der Waals surface area contributed by atoms with E-state index in [1.165, 1.54) is 0 Å². The van der Waals surface area contributed by atoms with Crippen LogP contribution < -0.4 is 15.4 Å². The van der Waals surface area contributed by atoms with Crippen LogP contribution in [0.3, 0.4) is 0 Å². The predicted octanol–water partition coefficient (Wildman–Crippen LogP) is 1.95. The lowest BCUT2D eigenvalue weighted by Gasteiger charge is -2.18. The third kappa shape index (κ3) is 5.49. The fourth-order valence-corrected chi connectivity index (χ4v) is 3.33. The van der Waals surface area contributed by atoms with Crippen LogP contribution in [0, 0.1) is 0 Å². The molecule has 0 aliphatic carbocycles. The lowest BCUT2D eigenvalue weighted by Crippen LogP contribution is -2.45. The Kier molecular flexibility index (Phi) is 7.10. The molecule has 8 nitrogen and oxygen atoms in total. The van der Waals surface area contributed by atoms with Gasteiger partial charge in [-0.3, -0.25) is 4.79 Å². The van der Waals surface area contributed by atoms with Crippen LogP contribution in [0.25, 0.3) is 5.69 Å². The summed E-state index contributed by atoms with van der Waals surface area (Å²) in [5.41, 5.74) is 1.85. The smallest absolute Gasteiger partial charge is 0.222 e. The van der Waals surface area contributed by atoms with Crippen molar-refractivity contribution in [1.82, 2.24) is 25.3 Å². The van der Waals surface area contributed by atoms with Gasteiger partial charge in [-0.2, -0.15) is 5.10 Å². The van der Waals surface area contributed by atoms with Crippen molar-refractivity contribution in [2.75, 3.05) is 26.7 Å². The molecule has 1 fully saturated rings. The van der Waals surface area contributed by atoms with Crippen LogP contribution in [-0.4, -0.2) is 59.3 Å². The molecule has 0 saturated carbocycles. The average molecular weight is 399 g/mol. The minimum Gasteiger partial charge on any atom is -0.497 e. The monoisotopic (exact) mass is 398 g/mol. The maximum atomic E-state index is 11.9. The summed E-state index contributed by atoms with van der Waals surface area (Å²) in [7, 11) is 1.65. The fourth-order valence-electron chi connectivity index (χ4n) is 3.33. The summed E-state index contributed by atoms with van der Waals surface area (Å²) in [4.78, 5) is 18.5. The Morgan fingerprint density at radius 2 is 2.07 bits per heavy atom. The molecule has 1 saturated heterocycles. The summed E-state index contributed by atoms with van der Waals surface area (Å²) < 4.78 is 7.02. The molecule has 2 heterocycles. The number of nitrogens with one attached hydrogen (secondary N) is 2. The molecule has 29 heavy (non-hydrogen) atoms. The van der Waals surface area contributed by atoms with Crippen molar-refractivity contribution in [2.24, 2.45) is 4.99 Å². The van der Waals surface area contributed by atoms with Crippen LogP contribution in [0.15, 0.2) is 41.5 Å². The SMILES string of the molecule is CCNC(=NCc1ccn(-c2ccc(OC)cc2)n1)NC1CCN(C(=O)CC)C1. The quantitative estimate of drug-likeness (QED) is 0.550. The van der Waals surface area contributed by atoms with Crippen molar-refractivity contribution >= 4 is 11.9 Å². The van der Waals surface area contributed by atoms with Gasteiger partial charge in [0.05, 0.1) is 25.0 Å². The molecule has 0 spiro atoms. The van der Waals surface area contributed by atoms with Crippen LogP contribution in [-0.2, 0) is 11.3 Å². The molecule has 2 N–H and O–H groups in total. The number of likely N-dealkylation sites (tertiary alicyclic amines) is 1. The number of benzene rings is 1. The van der Waals surface area contributed by atoms with E-state index in [0.717, 1.165) is 49.1 Å². The first-order valence-electron chi connectivity index (χ1n) is 10.1. The second-order valence-corrected chi connectivity index (χ2v) is 6.97. The zero-order valence-corrected chi connectivity index (χ0v) is 17.4. The number of hydrogen-bond acceptors (Lipinski definition) is 4. The van der Waals surface area contributed by atoms with E-state index >= 15 is 0 Å². The summed E-state index contributed by atoms with van der Waals surface area (Å²) in [5.74, 6) is 1.78. The Labute approximate surface area is 171 Å². The van der Waals surface area contributed by atoms with Gasteiger partial charge < -0.3 is 20.3 Å². The van der Waals surface area contributed by atoms with Gasteiger partial charge in [-0.15, -0.1) is 0 Å². The van der Waals surface area contributed by atoms with Crippen LogP contribution in [0.4, 0.5) is 0 Å². The third-order valence-electron chi connectivity index (χ3n) is 4.91. The molecule has 1 amide bonds. The second-order valence-electron chi connectivity index (χ2n) is 6.97. The van der Waals surface area contributed by atoms with Crippen molar-refractivity contribution in [3.8, 4) is 11.4 Å².